The summed E-state index contributed by atoms with van der Waals surface area (Å²) >= 11 is 0. The second kappa shape index (κ2) is 9.32. The molecule has 0 saturated carbocycles. The zero-order chi connectivity index (χ0) is 20.6. The van der Waals surface area contributed by atoms with Gasteiger partial charge in [-0.25, -0.2) is 9.97 Å². The Morgan fingerprint density at radius 1 is 1.38 bits per heavy atom. The third-order valence-electron chi connectivity index (χ3n) is 3.99. The Balaban J connectivity index is 1.48. The molecule has 0 atom stereocenters. The van der Waals surface area contributed by atoms with Crippen molar-refractivity contribution in [2.24, 2.45) is 0 Å². The number of carbonyl (C=O) groups excluding carboxylic acids is 2. The molecule has 8 heteroatoms. The third kappa shape index (κ3) is 5.77. The van der Waals surface area contributed by atoms with Gasteiger partial charge in [0.15, 0.2) is 6.61 Å². The van der Waals surface area contributed by atoms with Crippen LogP contribution in [-0.4, -0.2) is 34.9 Å². The average Bonchev–Trinajstić information content (AvgIpc) is 2.72. The van der Waals surface area contributed by atoms with Crippen molar-refractivity contribution in [3.05, 3.63) is 72.7 Å². The minimum absolute atomic E-state index is 0.0163. The van der Waals surface area contributed by atoms with Crippen LogP contribution in [0.3, 0.4) is 0 Å². The standard InChI is InChI=1S/C21H21N5O3/c1-14(4-3-5-15(2)21(28)26-19-8-9-22-13-24-19)11-23-16-6-7-17-18(10-16)29-12-20(27)25-17/h3-10,13,23H,1,11-12H2,2H3,(H,25,27)(H,22,24,26,28)/b4-3-,15-5+. The molecule has 1 aliphatic heterocycles. The second-order valence-electron chi connectivity index (χ2n) is 6.32. The van der Waals surface area contributed by atoms with E-state index in [9.17, 15) is 9.59 Å². The van der Waals surface area contributed by atoms with Crippen LogP contribution < -0.4 is 20.7 Å². The van der Waals surface area contributed by atoms with Gasteiger partial charge in [-0.2, -0.15) is 0 Å². The van der Waals surface area contributed by atoms with Crippen LogP contribution >= 0.6 is 0 Å². The lowest BCUT2D eigenvalue weighted by atomic mass is 10.2. The molecule has 1 aromatic carbocycles. The van der Waals surface area contributed by atoms with Gasteiger partial charge in [0.25, 0.3) is 11.8 Å². The first-order valence-electron chi connectivity index (χ1n) is 8.92. The van der Waals surface area contributed by atoms with E-state index in [1.807, 2.05) is 18.2 Å². The average molecular weight is 391 g/mol. The first-order valence-corrected chi connectivity index (χ1v) is 8.92. The molecule has 0 bridgehead atoms. The second-order valence-corrected chi connectivity index (χ2v) is 6.32. The number of fused-ring (bicyclic) bond motifs is 1. The fraction of sp³-hybridized carbons (Fsp3) is 0.143. The van der Waals surface area contributed by atoms with E-state index in [0.29, 0.717) is 29.4 Å². The molecular weight excluding hydrogens is 370 g/mol. The van der Waals surface area contributed by atoms with Crippen molar-refractivity contribution in [3.63, 3.8) is 0 Å². The van der Waals surface area contributed by atoms with Crippen LogP contribution in [0.4, 0.5) is 17.2 Å². The predicted molar refractivity (Wildman–Crippen MR) is 112 cm³/mol. The van der Waals surface area contributed by atoms with E-state index in [1.165, 1.54) is 6.33 Å². The first-order chi connectivity index (χ1) is 14.0. The van der Waals surface area contributed by atoms with E-state index in [1.54, 1.807) is 37.4 Å². The van der Waals surface area contributed by atoms with Crippen LogP contribution in [0.5, 0.6) is 5.75 Å². The number of aromatic nitrogens is 2. The highest BCUT2D eigenvalue weighted by molar-refractivity contribution is 6.02. The van der Waals surface area contributed by atoms with Crippen molar-refractivity contribution in [2.45, 2.75) is 6.92 Å². The SMILES string of the molecule is C=C(/C=C\C=C(/C)C(=O)Nc1ccncn1)CNc1ccc2c(c1)OCC(=O)N2. The molecule has 2 amide bonds. The number of amides is 2. The maximum absolute atomic E-state index is 12.1. The minimum atomic E-state index is -0.238. The summed E-state index contributed by atoms with van der Waals surface area (Å²) in [5.74, 6) is 0.678. The topological polar surface area (TPSA) is 105 Å². The van der Waals surface area contributed by atoms with Crippen LogP contribution in [0.2, 0.25) is 0 Å². The first kappa shape index (κ1) is 19.8. The number of benzene rings is 1. The Hall–Kier alpha value is -3.94. The third-order valence-corrected chi connectivity index (χ3v) is 3.99. The van der Waals surface area contributed by atoms with Gasteiger partial charge in [-0.05, 0) is 30.7 Å². The lowest BCUT2D eigenvalue weighted by Gasteiger charge is -2.18. The van der Waals surface area contributed by atoms with Crippen molar-refractivity contribution < 1.29 is 14.3 Å². The maximum Gasteiger partial charge on any atom is 0.262 e. The van der Waals surface area contributed by atoms with Gasteiger partial charge in [0, 0.05) is 30.1 Å². The monoisotopic (exact) mass is 391 g/mol. The number of nitrogens with one attached hydrogen (secondary N) is 3. The zero-order valence-electron chi connectivity index (χ0n) is 15.9. The van der Waals surface area contributed by atoms with E-state index in [-0.39, 0.29) is 18.4 Å². The number of ether oxygens (including phenoxy) is 1. The van der Waals surface area contributed by atoms with Crippen molar-refractivity contribution in [2.75, 3.05) is 29.1 Å². The van der Waals surface area contributed by atoms with E-state index in [4.69, 9.17) is 4.74 Å². The van der Waals surface area contributed by atoms with Crippen LogP contribution in [-0.2, 0) is 9.59 Å². The largest absolute Gasteiger partial charge is 0.482 e. The molecule has 2 aromatic rings. The molecule has 0 saturated heterocycles. The smallest absolute Gasteiger partial charge is 0.262 e. The summed E-state index contributed by atoms with van der Waals surface area (Å²) in [4.78, 5) is 31.1. The van der Waals surface area contributed by atoms with Gasteiger partial charge < -0.3 is 20.7 Å². The highest BCUT2D eigenvalue weighted by Gasteiger charge is 2.15. The van der Waals surface area contributed by atoms with Crippen LogP contribution in [0, 0.1) is 0 Å². The fourth-order valence-corrected chi connectivity index (χ4v) is 2.44. The van der Waals surface area contributed by atoms with Gasteiger partial charge in [0.2, 0.25) is 0 Å². The van der Waals surface area contributed by atoms with Crippen LogP contribution in [0.1, 0.15) is 6.92 Å². The van der Waals surface area contributed by atoms with E-state index in [0.717, 1.165) is 11.3 Å². The molecule has 3 N–H and O–H groups in total. The minimum Gasteiger partial charge on any atom is -0.482 e. The molecular formula is C21H21N5O3. The fourth-order valence-electron chi connectivity index (χ4n) is 2.44. The number of hydrogen-bond acceptors (Lipinski definition) is 6. The molecule has 8 nitrogen and oxygen atoms in total. The molecule has 0 spiro atoms. The zero-order valence-corrected chi connectivity index (χ0v) is 15.9. The Bertz CT molecular complexity index is 983. The van der Waals surface area contributed by atoms with E-state index in [2.05, 4.69) is 32.5 Å². The van der Waals surface area contributed by atoms with Gasteiger partial charge >= 0.3 is 0 Å². The highest BCUT2D eigenvalue weighted by atomic mass is 16.5. The molecule has 0 unspecified atom stereocenters. The molecule has 2 heterocycles. The molecule has 0 fully saturated rings. The number of nitrogens with zero attached hydrogens (tertiary/aromatic N) is 2. The Labute approximate surface area is 168 Å². The highest BCUT2D eigenvalue weighted by Crippen LogP contribution is 2.30. The predicted octanol–water partition coefficient (Wildman–Crippen LogP) is 2.92. The lowest BCUT2D eigenvalue weighted by Crippen LogP contribution is -2.25. The van der Waals surface area contributed by atoms with Gasteiger partial charge in [-0.1, -0.05) is 24.8 Å². The van der Waals surface area contributed by atoms with Crippen molar-refractivity contribution in [3.8, 4) is 5.75 Å². The molecule has 148 valence electrons. The van der Waals surface area contributed by atoms with Gasteiger partial charge in [-0.15, -0.1) is 0 Å². The molecule has 0 radical (unpaired) electrons. The number of hydrogen-bond donors (Lipinski definition) is 3. The number of anilines is 3. The van der Waals surface area contributed by atoms with Crippen LogP contribution in [0.25, 0.3) is 0 Å². The number of rotatable bonds is 7. The summed E-state index contributed by atoms with van der Waals surface area (Å²) in [5.41, 5.74) is 2.88. The quantitative estimate of drug-likeness (QED) is 0.495. The van der Waals surface area contributed by atoms with E-state index < -0.39 is 0 Å². The van der Waals surface area contributed by atoms with Crippen molar-refractivity contribution in [1.82, 2.24) is 9.97 Å². The number of carbonyl (C=O) groups is 2. The summed E-state index contributed by atoms with van der Waals surface area (Å²) < 4.78 is 5.40. The summed E-state index contributed by atoms with van der Waals surface area (Å²) in [6.07, 6.45) is 8.23. The maximum atomic E-state index is 12.1. The number of allylic oxidation sites excluding steroid dienone is 2. The summed E-state index contributed by atoms with van der Waals surface area (Å²) in [5, 5.41) is 8.68. The molecule has 29 heavy (non-hydrogen) atoms. The molecule has 1 aliphatic rings. The Morgan fingerprint density at radius 2 is 2.24 bits per heavy atom. The van der Waals surface area contributed by atoms with Gasteiger partial charge in [0.05, 0.1) is 5.69 Å². The molecule has 0 aliphatic carbocycles. The Kier molecular flexibility index (Phi) is 6.36. The van der Waals surface area contributed by atoms with Gasteiger partial charge in [-0.3, -0.25) is 9.59 Å². The summed E-state index contributed by atoms with van der Waals surface area (Å²) in [7, 11) is 0. The normalized spacial score (nSPS) is 13.3. The summed E-state index contributed by atoms with van der Waals surface area (Å²) in [6, 6.07) is 7.09. The Morgan fingerprint density at radius 3 is 3.03 bits per heavy atom. The van der Waals surface area contributed by atoms with Crippen LogP contribution in [0.15, 0.2) is 72.7 Å². The molecule has 3 rings (SSSR count). The van der Waals surface area contributed by atoms with Crippen molar-refractivity contribution >= 4 is 29.0 Å². The lowest BCUT2D eigenvalue weighted by molar-refractivity contribution is -0.118. The van der Waals surface area contributed by atoms with Crippen molar-refractivity contribution in [1.29, 1.82) is 0 Å². The van der Waals surface area contributed by atoms with E-state index >= 15 is 0 Å². The molecule has 1 aromatic heterocycles. The summed E-state index contributed by atoms with van der Waals surface area (Å²) in [6.45, 7) is 6.24. The van der Waals surface area contributed by atoms with Gasteiger partial charge in [0.1, 0.15) is 17.9 Å².